The Morgan fingerprint density at radius 3 is 2.58 bits per heavy atom. The van der Waals surface area contributed by atoms with Crippen molar-refractivity contribution in [1.82, 2.24) is 4.98 Å². The van der Waals surface area contributed by atoms with Crippen molar-refractivity contribution in [3.05, 3.63) is 88.9 Å². The standard InChI is InChI=1S/C32H32N2O3S/c1-22-33-29-17-16-27(20-30(29)38-22)25-14-11-24(12-15-25)21-34(32(36)26-8-4-3-5-9-26)28-10-6-7-23(19-28)13-18-31(35)37-2/h6-7,10-20,26H,3-5,8-9,21H2,1-2H3/b18-13+/i21D. The number of amides is 1. The normalized spacial score (nSPS) is 15.4. The summed E-state index contributed by atoms with van der Waals surface area (Å²) in [5, 5.41) is 1.04. The van der Waals surface area contributed by atoms with Gasteiger partial charge in [-0.25, -0.2) is 9.78 Å². The summed E-state index contributed by atoms with van der Waals surface area (Å²) in [5.41, 5.74) is 5.31. The summed E-state index contributed by atoms with van der Waals surface area (Å²) in [6.45, 7) is 1.11. The number of aryl methyl sites for hydroxylation is 1. The Bertz CT molecular complexity index is 1510. The van der Waals surface area contributed by atoms with Gasteiger partial charge in [0.05, 0.1) is 30.2 Å². The number of esters is 1. The van der Waals surface area contributed by atoms with Crippen LogP contribution in [0.3, 0.4) is 0 Å². The van der Waals surface area contributed by atoms with Crippen LogP contribution < -0.4 is 4.90 Å². The van der Waals surface area contributed by atoms with Gasteiger partial charge in [-0.1, -0.05) is 61.7 Å². The molecule has 0 radical (unpaired) electrons. The van der Waals surface area contributed by atoms with Crippen molar-refractivity contribution in [3.8, 4) is 11.1 Å². The molecule has 0 aliphatic heterocycles. The molecule has 1 aliphatic rings. The number of thiazole rings is 1. The first-order chi connectivity index (χ1) is 18.9. The third-order valence-corrected chi connectivity index (χ3v) is 7.90. The van der Waals surface area contributed by atoms with E-state index in [0.29, 0.717) is 5.69 Å². The number of hydrogen-bond acceptors (Lipinski definition) is 5. The van der Waals surface area contributed by atoms with Gasteiger partial charge in [-0.3, -0.25) is 4.79 Å². The molecule has 0 bridgehead atoms. The summed E-state index contributed by atoms with van der Waals surface area (Å²) in [6, 6.07) is 21.6. The second kappa shape index (κ2) is 11.7. The average molecular weight is 526 g/mol. The topological polar surface area (TPSA) is 59.5 Å². The maximum atomic E-state index is 13.9. The van der Waals surface area contributed by atoms with E-state index in [1.54, 1.807) is 22.3 Å². The third-order valence-electron chi connectivity index (χ3n) is 6.97. The number of aromatic nitrogens is 1. The molecule has 1 heterocycles. The quantitative estimate of drug-likeness (QED) is 0.184. The SMILES string of the molecule is [2H]C(c1ccc(-c2ccc3nc(C)sc3c2)cc1)N(C(=O)C1CCCCC1)c1cccc(/C=C/C(=O)OC)c1. The minimum absolute atomic E-state index is 0.0149. The summed E-state index contributed by atoms with van der Waals surface area (Å²) < 4.78 is 15.1. The molecule has 5 rings (SSSR count). The Kier molecular flexibility index (Phi) is 7.59. The highest BCUT2D eigenvalue weighted by atomic mass is 32.1. The fraction of sp³-hybridized carbons (Fsp3) is 0.281. The van der Waals surface area contributed by atoms with Crippen molar-refractivity contribution in [3.63, 3.8) is 0 Å². The van der Waals surface area contributed by atoms with E-state index < -0.39 is 12.5 Å². The second-order valence-corrected chi connectivity index (χ2v) is 10.9. The molecule has 6 heteroatoms. The number of carbonyl (C=O) groups is 2. The van der Waals surface area contributed by atoms with E-state index in [1.807, 2.05) is 61.5 Å². The first kappa shape index (κ1) is 24.6. The fourth-order valence-electron chi connectivity index (χ4n) is 4.95. The molecule has 1 aliphatic carbocycles. The lowest BCUT2D eigenvalue weighted by Crippen LogP contribution is -2.36. The van der Waals surface area contributed by atoms with E-state index in [0.717, 1.165) is 69.6 Å². The Labute approximate surface area is 229 Å². The molecule has 194 valence electrons. The molecule has 1 amide bonds. The minimum atomic E-state index is -0.903. The molecule has 0 N–H and O–H groups in total. The Morgan fingerprint density at radius 2 is 1.82 bits per heavy atom. The number of hydrogen-bond donors (Lipinski definition) is 0. The molecule has 5 nitrogen and oxygen atoms in total. The Morgan fingerprint density at radius 1 is 1.05 bits per heavy atom. The van der Waals surface area contributed by atoms with Crippen LogP contribution >= 0.6 is 11.3 Å². The van der Waals surface area contributed by atoms with E-state index in [9.17, 15) is 11.0 Å². The number of benzene rings is 3. The first-order valence-corrected chi connectivity index (χ1v) is 13.8. The summed E-state index contributed by atoms with van der Waals surface area (Å²) in [7, 11) is 1.34. The highest BCUT2D eigenvalue weighted by molar-refractivity contribution is 7.18. The number of carbonyl (C=O) groups excluding carboxylic acids is 2. The molecular formula is C32H32N2O3S. The highest BCUT2D eigenvalue weighted by Crippen LogP contribution is 2.31. The van der Waals surface area contributed by atoms with Crippen LogP contribution in [0.4, 0.5) is 5.69 Å². The van der Waals surface area contributed by atoms with Gasteiger partial charge >= 0.3 is 5.97 Å². The van der Waals surface area contributed by atoms with Gasteiger partial charge in [0, 0.05) is 17.7 Å². The molecular weight excluding hydrogens is 492 g/mol. The number of anilines is 1. The largest absolute Gasteiger partial charge is 0.466 e. The van der Waals surface area contributed by atoms with E-state index in [4.69, 9.17) is 4.74 Å². The van der Waals surface area contributed by atoms with Gasteiger partial charge in [0.1, 0.15) is 0 Å². The van der Waals surface area contributed by atoms with Gasteiger partial charge in [-0.2, -0.15) is 0 Å². The molecule has 0 saturated heterocycles. The average Bonchev–Trinajstić information content (AvgIpc) is 3.36. The molecule has 0 spiro atoms. The van der Waals surface area contributed by atoms with Gasteiger partial charge in [-0.15, -0.1) is 11.3 Å². The van der Waals surface area contributed by atoms with Gasteiger partial charge in [0.25, 0.3) is 0 Å². The van der Waals surface area contributed by atoms with Gasteiger partial charge in [0.2, 0.25) is 5.91 Å². The van der Waals surface area contributed by atoms with Crippen molar-refractivity contribution in [1.29, 1.82) is 0 Å². The minimum Gasteiger partial charge on any atom is -0.466 e. The summed E-state index contributed by atoms with van der Waals surface area (Å²) in [4.78, 5) is 31.6. The molecule has 3 aromatic carbocycles. The molecule has 1 atom stereocenters. The maximum Gasteiger partial charge on any atom is 0.330 e. The van der Waals surface area contributed by atoms with Gasteiger partial charge in [-0.05, 0) is 72.4 Å². The fourth-order valence-corrected chi connectivity index (χ4v) is 5.82. The molecule has 1 fully saturated rings. The van der Waals surface area contributed by atoms with Crippen molar-refractivity contribution in [2.45, 2.75) is 45.5 Å². The lowest BCUT2D eigenvalue weighted by Gasteiger charge is -2.30. The lowest BCUT2D eigenvalue weighted by atomic mass is 9.88. The van der Waals surface area contributed by atoms with Crippen molar-refractivity contribution >= 4 is 45.2 Å². The van der Waals surface area contributed by atoms with Crippen molar-refractivity contribution in [2.75, 3.05) is 12.0 Å². The van der Waals surface area contributed by atoms with Crippen LogP contribution in [0.1, 0.15) is 49.6 Å². The van der Waals surface area contributed by atoms with E-state index in [-0.39, 0.29) is 11.8 Å². The van der Waals surface area contributed by atoms with Crippen LogP contribution in [0.2, 0.25) is 0 Å². The van der Waals surface area contributed by atoms with Gasteiger partial charge < -0.3 is 9.64 Å². The number of methoxy groups -OCH3 is 1. The van der Waals surface area contributed by atoms with Crippen molar-refractivity contribution in [2.24, 2.45) is 5.92 Å². The van der Waals surface area contributed by atoms with Crippen LogP contribution in [0.15, 0.2) is 72.8 Å². The molecule has 1 aromatic heterocycles. The number of fused-ring (bicyclic) bond motifs is 1. The molecule has 1 saturated carbocycles. The van der Waals surface area contributed by atoms with Crippen LogP contribution in [-0.2, 0) is 20.8 Å². The summed E-state index contributed by atoms with van der Waals surface area (Å²) >= 11 is 1.68. The lowest BCUT2D eigenvalue weighted by molar-refractivity contribution is -0.134. The predicted octanol–water partition coefficient (Wildman–Crippen LogP) is 7.57. The second-order valence-electron chi connectivity index (χ2n) is 9.66. The number of ether oxygens (including phenoxy) is 1. The molecule has 38 heavy (non-hydrogen) atoms. The summed E-state index contributed by atoms with van der Waals surface area (Å²) in [6.07, 6.45) is 7.93. The molecule has 1 unspecified atom stereocenters. The molecule has 4 aromatic rings. The maximum absolute atomic E-state index is 13.9. The first-order valence-electron chi connectivity index (χ1n) is 13.6. The van der Waals surface area contributed by atoms with E-state index in [2.05, 4.69) is 17.1 Å². The monoisotopic (exact) mass is 525 g/mol. The van der Waals surface area contributed by atoms with Crippen LogP contribution in [0, 0.1) is 12.8 Å². The van der Waals surface area contributed by atoms with Crippen LogP contribution in [0.5, 0.6) is 0 Å². The zero-order chi connectivity index (χ0) is 27.4. The highest BCUT2D eigenvalue weighted by Gasteiger charge is 2.27. The summed E-state index contributed by atoms with van der Waals surface area (Å²) in [5.74, 6) is -0.549. The Hall–Kier alpha value is -3.77. The zero-order valence-electron chi connectivity index (χ0n) is 22.7. The van der Waals surface area contributed by atoms with Crippen LogP contribution in [0.25, 0.3) is 27.4 Å². The number of nitrogens with zero attached hydrogens (tertiary/aromatic N) is 2. The van der Waals surface area contributed by atoms with Crippen LogP contribution in [-0.4, -0.2) is 24.0 Å². The number of rotatable bonds is 7. The van der Waals surface area contributed by atoms with Gasteiger partial charge in [0.15, 0.2) is 0 Å². The zero-order valence-corrected chi connectivity index (χ0v) is 22.5. The van der Waals surface area contributed by atoms with Crippen molar-refractivity contribution < 1.29 is 15.7 Å². The predicted molar refractivity (Wildman–Crippen MR) is 155 cm³/mol. The smallest absolute Gasteiger partial charge is 0.330 e. The third kappa shape index (κ3) is 6.03. The van der Waals surface area contributed by atoms with E-state index in [1.165, 1.54) is 13.2 Å². The Balaban J connectivity index is 1.45. The van der Waals surface area contributed by atoms with E-state index >= 15 is 0 Å².